The summed E-state index contributed by atoms with van der Waals surface area (Å²) in [5.74, 6) is 1.37. The summed E-state index contributed by atoms with van der Waals surface area (Å²) in [7, 11) is 1.65. The Labute approximate surface area is 144 Å². The van der Waals surface area contributed by atoms with Gasteiger partial charge < -0.3 is 10.1 Å². The molecule has 4 heteroatoms. The topological polar surface area (TPSA) is 51.2 Å². The predicted octanol–water partition coefficient (Wildman–Crippen LogP) is 3.93. The Morgan fingerprint density at radius 3 is 2.67 bits per heavy atom. The fraction of sp³-hybridized carbons (Fsp3) is 0.400. The number of hydrogen-bond acceptors (Lipinski definition) is 3. The van der Waals surface area contributed by atoms with Crippen molar-refractivity contribution in [2.24, 2.45) is 5.92 Å². The van der Waals surface area contributed by atoms with Crippen molar-refractivity contribution >= 4 is 5.91 Å². The van der Waals surface area contributed by atoms with Gasteiger partial charge in [-0.2, -0.15) is 0 Å². The van der Waals surface area contributed by atoms with Crippen molar-refractivity contribution in [3.63, 3.8) is 0 Å². The maximum absolute atomic E-state index is 12.4. The van der Waals surface area contributed by atoms with Crippen LogP contribution in [-0.4, -0.2) is 18.0 Å². The maximum atomic E-state index is 12.4. The number of rotatable bonds is 8. The lowest BCUT2D eigenvalue weighted by Gasteiger charge is -2.21. The van der Waals surface area contributed by atoms with Crippen molar-refractivity contribution in [3.05, 3.63) is 59.9 Å². The van der Waals surface area contributed by atoms with Crippen molar-refractivity contribution in [3.8, 4) is 5.75 Å². The molecule has 0 radical (unpaired) electrons. The highest BCUT2D eigenvalue weighted by Gasteiger charge is 2.16. The second-order valence-electron chi connectivity index (χ2n) is 6.35. The van der Waals surface area contributed by atoms with Gasteiger partial charge >= 0.3 is 0 Å². The molecule has 1 atom stereocenters. The summed E-state index contributed by atoms with van der Waals surface area (Å²) in [6.45, 7) is 4.31. The predicted molar refractivity (Wildman–Crippen MR) is 95.9 cm³/mol. The number of ether oxygens (including phenoxy) is 1. The fourth-order valence-electron chi connectivity index (χ4n) is 2.76. The van der Waals surface area contributed by atoms with E-state index in [1.165, 1.54) is 0 Å². The van der Waals surface area contributed by atoms with E-state index in [9.17, 15) is 4.79 Å². The number of carbonyl (C=O) groups is 1. The largest absolute Gasteiger partial charge is 0.496 e. The number of methoxy groups -OCH3 is 1. The highest BCUT2D eigenvalue weighted by Crippen LogP contribution is 2.22. The number of carbonyl (C=O) groups excluding carboxylic acids is 1. The van der Waals surface area contributed by atoms with Gasteiger partial charge in [-0.05, 0) is 42.0 Å². The van der Waals surface area contributed by atoms with Gasteiger partial charge in [-0.15, -0.1) is 0 Å². The van der Waals surface area contributed by atoms with E-state index in [4.69, 9.17) is 4.74 Å². The van der Waals surface area contributed by atoms with Gasteiger partial charge in [-0.1, -0.05) is 38.1 Å². The molecule has 0 fully saturated rings. The van der Waals surface area contributed by atoms with Gasteiger partial charge in [0, 0.05) is 18.8 Å². The van der Waals surface area contributed by atoms with E-state index in [0.29, 0.717) is 18.8 Å². The van der Waals surface area contributed by atoms with Gasteiger partial charge in [0.25, 0.3) is 0 Å². The van der Waals surface area contributed by atoms with Crippen LogP contribution in [0.25, 0.3) is 0 Å². The summed E-state index contributed by atoms with van der Waals surface area (Å²) in [5, 5.41) is 3.15. The summed E-state index contributed by atoms with van der Waals surface area (Å²) in [5.41, 5.74) is 2.11. The first-order valence-corrected chi connectivity index (χ1v) is 8.41. The van der Waals surface area contributed by atoms with Crippen LogP contribution in [-0.2, 0) is 11.2 Å². The highest BCUT2D eigenvalue weighted by atomic mass is 16.5. The van der Waals surface area contributed by atoms with Crippen LogP contribution in [0.2, 0.25) is 0 Å². The Hall–Kier alpha value is -2.36. The van der Waals surface area contributed by atoms with Gasteiger partial charge in [0.2, 0.25) is 5.91 Å². The molecule has 1 N–H and O–H groups in total. The van der Waals surface area contributed by atoms with E-state index in [-0.39, 0.29) is 11.9 Å². The fourth-order valence-corrected chi connectivity index (χ4v) is 2.76. The lowest BCUT2D eigenvalue weighted by atomic mass is 9.98. The lowest BCUT2D eigenvalue weighted by molar-refractivity contribution is -0.121. The molecule has 1 amide bonds. The SMILES string of the molecule is COc1ccccc1CCC(=O)NC(CC(C)C)c1cccnc1. The van der Waals surface area contributed by atoms with Crippen LogP contribution in [0.3, 0.4) is 0 Å². The minimum Gasteiger partial charge on any atom is -0.496 e. The molecule has 1 aromatic heterocycles. The molecule has 1 unspecified atom stereocenters. The molecule has 0 aliphatic rings. The number of hydrogen-bond donors (Lipinski definition) is 1. The zero-order chi connectivity index (χ0) is 17.4. The van der Waals surface area contributed by atoms with Gasteiger partial charge in [0.05, 0.1) is 13.2 Å². The van der Waals surface area contributed by atoms with Crippen molar-refractivity contribution < 1.29 is 9.53 Å². The molecule has 0 saturated carbocycles. The van der Waals surface area contributed by atoms with Gasteiger partial charge in [0.15, 0.2) is 0 Å². The number of nitrogens with zero attached hydrogens (tertiary/aromatic N) is 1. The third-order valence-electron chi connectivity index (χ3n) is 3.94. The van der Waals surface area contributed by atoms with Crippen LogP contribution in [0.4, 0.5) is 0 Å². The van der Waals surface area contributed by atoms with E-state index >= 15 is 0 Å². The number of aromatic nitrogens is 1. The highest BCUT2D eigenvalue weighted by molar-refractivity contribution is 5.76. The standard InChI is InChI=1S/C20H26N2O2/c1-15(2)13-18(17-8-6-12-21-14-17)22-20(23)11-10-16-7-4-5-9-19(16)24-3/h4-9,12,14-15,18H,10-11,13H2,1-3H3,(H,22,23). The molecule has 1 heterocycles. The lowest BCUT2D eigenvalue weighted by Crippen LogP contribution is -2.29. The van der Waals surface area contributed by atoms with Crippen LogP contribution in [0.1, 0.15) is 43.9 Å². The smallest absolute Gasteiger partial charge is 0.220 e. The normalized spacial score (nSPS) is 12.0. The molecular weight excluding hydrogens is 300 g/mol. The Balaban J connectivity index is 1.97. The van der Waals surface area contributed by atoms with Crippen molar-refractivity contribution in [1.82, 2.24) is 10.3 Å². The number of amides is 1. The van der Waals surface area contributed by atoms with Crippen molar-refractivity contribution in [2.45, 2.75) is 39.2 Å². The average molecular weight is 326 g/mol. The van der Waals surface area contributed by atoms with E-state index in [1.807, 2.05) is 42.6 Å². The number of benzene rings is 1. The number of pyridine rings is 1. The summed E-state index contributed by atoms with van der Waals surface area (Å²) in [6.07, 6.45) is 5.57. The summed E-state index contributed by atoms with van der Waals surface area (Å²) < 4.78 is 5.34. The van der Waals surface area contributed by atoms with E-state index in [1.54, 1.807) is 13.3 Å². The molecule has 0 aliphatic carbocycles. The second-order valence-corrected chi connectivity index (χ2v) is 6.35. The molecule has 0 saturated heterocycles. The van der Waals surface area contributed by atoms with Crippen LogP contribution in [0.15, 0.2) is 48.8 Å². The van der Waals surface area contributed by atoms with Gasteiger partial charge in [-0.25, -0.2) is 0 Å². The Kier molecular flexibility index (Phi) is 6.79. The second kappa shape index (κ2) is 9.06. The average Bonchev–Trinajstić information content (AvgIpc) is 2.60. The molecule has 0 bridgehead atoms. The van der Waals surface area contributed by atoms with Gasteiger partial charge in [0.1, 0.15) is 5.75 Å². The summed E-state index contributed by atoms with van der Waals surface area (Å²) in [4.78, 5) is 16.6. The molecular formula is C20H26N2O2. The molecule has 2 aromatic rings. The van der Waals surface area contributed by atoms with Crippen LogP contribution >= 0.6 is 0 Å². The zero-order valence-corrected chi connectivity index (χ0v) is 14.7. The zero-order valence-electron chi connectivity index (χ0n) is 14.7. The van der Waals surface area contributed by atoms with Crippen LogP contribution in [0, 0.1) is 5.92 Å². The minimum atomic E-state index is 0.00358. The molecule has 4 nitrogen and oxygen atoms in total. The van der Waals surface area contributed by atoms with E-state index in [2.05, 4.69) is 24.1 Å². The van der Waals surface area contributed by atoms with Crippen LogP contribution in [0.5, 0.6) is 5.75 Å². The summed E-state index contributed by atoms with van der Waals surface area (Å²) >= 11 is 0. The van der Waals surface area contributed by atoms with E-state index in [0.717, 1.165) is 23.3 Å². The first-order valence-electron chi connectivity index (χ1n) is 8.41. The molecule has 2 rings (SSSR count). The van der Waals surface area contributed by atoms with Crippen molar-refractivity contribution in [2.75, 3.05) is 7.11 Å². The molecule has 0 aliphatic heterocycles. The van der Waals surface area contributed by atoms with Crippen molar-refractivity contribution in [1.29, 1.82) is 0 Å². The number of aryl methyl sites for hydroxylation is 1. The number of para-hydroxylation sites is 1. The van der Waals surface area contributed by atoms with Crippen LogP contribution < -0.4 is 10.1 Å². The Morgan fingerprint density at radius 1 is 1.21 bits per heavy atom. The minimum absolute atomic E-state index is 0.00358. The molecule has 1 aromatic carbocycles. The molecule has 128 valence electrons. The number of nitrogens with one attached hydrogen (secondary N) is 1. The first-order chi connectivity index (χ1) is 11.6. The quantitative estimate of drug-likeness (QED) is 0.800. The maximum Gasteiger partial charge on any atom is 0.220 e. The molecule has 0 spiro atoms. The van der Waals surface area contributed by atoms with E-state index < -0.39 is 0 Å². The monoisotopic (exact) mass is 326 g/mol. The van der Waals surface area contributed by atoms with Gasteiger partial charge in [-0.3, -0.25) is 9.78 Å². The third-order valence-corrected chi connectivity index (χ3v) is 3.94. The Morgan fingerprint density at radius 2 is 2.00 bits per heavy atom. The summed E-state index contributed by atoms with van der Waals surface area (Å²) in [6, 6.07) is 11.7. The third kappa shape index (κ3) is 5.37. The Bertz CT molecular complexity index is 641. The first kappa shape index (κ1) is 18.0. The molecule has 24 heavy (non-hydrogen) atoms.